The summed E-state index contributed by atoms with van der Waals surface area (Å²) in [6, 6.07) is 7.89. The van der Waals surface area contributed by atoms with E-state index < -0.39 is 0 Å². The molecule has 1 aliphatic heterocycles. The van der Waals surface area contributed by atoms with Crippen molar-refractivity contribution in [2.45, 2.75) is 56.1 Å². The quantitative estimate of drug-likeness (QED) is 0.827. The molecule has 1 aromatic rings. The number of amides is 1. The van der Waals surface area contributed by atoms with Crippen LogP contribution in [0, 0.1) is 6.92 Å². The third kappa shape index (κ3) is 2.30. The highest BCUT2D eigenvalue weighted by atomic mass is 32.2. The SMILES string of the molecule is Cc1ccccc1ON1C(=O)C(C)SC12CCCCC2. The van der Waals surface area contributed by atoms with Gasteiger partial charge in [-0.05, 0) is 38.3 Å². The number of para-hydroxylation sites is 1. The summed E-state index contributed by atoms with van der Waals surface area (Å²) >= 11 is 1.78. The Balaban J connectivity index is 1.88. The summed E-state index contributed by atoms with van der Waals surface area (Å²) in [5, 5.41) is 1.68. The number of benzene rings is 1. The first-order valence-corrected chi connectivity index (χ1v) is 8.26. The smallest absolute Gasteiger partial charge is 0.269 e. The summed E-state index contributed by atoms with van der Waals surface area (Å²) in [4.78, 5) is 18.4. The Morgan fingerprint density at radius 1 is 1.25 bits per heavy atom. The molecule has 2 aliphatic rings. The van der Waals surface area contributed by atoms with Gasteiger partial charge in [-0.2, -0.15) is 5.06 Å². The molecule has 2 fully saturated rings. The predicted octanol–water partition coefficient (Wildman–Crippen LogP) is 3.91. The van der Waals surface area contributed by atoms with Crippen LogP contribution in [0.4, 0.5) is 0 Å². The van der Waals surface area contributed by atoms with Gasteiger partial charge in [0.2, 0.25) is 0 Å². The first kappa shape index (κ1) is 13.8. The van der Waals surface area contributed by atoms with Crippen molar-refractivity contribution in [1.29, 1.82) is 0 Å². The van der Waals surface area contributed by atoms with Crippen LogP contribution >= 0.6 is 11.8 Å². The summed E-state index contributed by atoms with van der Waals surface area (Å²) in [5.74, 6) is 0.903. The fraction of sp³-hybridized carbons (Fsp3) is 0.562. The second-order valence-electron chi connectivity index (χ2n) is 5.76. The van der Waals surface area contributed by atoms with E-state index in [1.54, 1.807) is 16.8 Å². The number of thioether (sulfide) groups is 1. The monoisotopic (exact) mass is 291 g/mol. The minimum Gasteiger partial charge on any atom is -0.375 e. The molecule has 1 amide bonds. The molecule has 3 nitrogen and oxygen atoms in total. The molecule has 0 N–H and O–H groups in total. The lowest BCUT2D eigenvalue weighted by Crippen LogP contribution is -2.48. The van der Waals surface area contributed by atoms with Crippen LogP contribution in [0.15, 0.2) is 24.3 Å². The van der Waals surface area contributed by atoms with Gasteiger partial charge in [0.1, 0.15) is 4.87 Å². The molecule has 108 valence electrons. The summed E-state index contributed by atoms with van der Waals surface area (Å²) in [7, 11) is 0. The Kier molecular flexibility index (Phi) is 3.67. The van der Waals surface area contributed by atoms with Crippen LogP contribution in [-0.2, 0) is 4.79 Å². The van der Waals surface area contributed by atoms with Gasteiger partial charge in [0, 0.05) is 0 Å². The van der Waals surface area contributed by atoms with E-state index in [-0.39, 0.29) is 16.0 Å². The van der Waals surface area contributed by atoms with Crippen LogP contribution in [-0.4, -0.2) is 21.1 Å². The van der Waals surface area contributed by atoms with E-state index in [1.165, 1.54) is 19.3 Å². The molecule has 1 unspecified atom stereocenters. The first-order chi connectivity index (χ1) is 9.62. The van der Waals surface area contributed by atoms with E-state index in [9.17, 15) is 4.79 Å². The minimum atomic E-state index is -0.142. The van der Waals surface area contributed by atoms with Gasteiger partial charge < -0.3 is 4.84 Å². The number of nitrogens with zero attached hydrogens (tertiary/aromatic N) is 1. The van der Waals surface area contributed by atoms with Gasteiger partial charge in [-0.1, -0.05) is 37.5 Å². The Morgan fingerprint density at radius 2 is 1.95 bits per heavy atom. The van der Waals surface area contributed by atoms with Crippen molar-refractivity contribution in [3.63, 3.8) is 0 Å². The predicted molar refractivity (Wildman–Crippen MR) is 81.5 cm³/mol. The highest BCUT2D eigenvalue weighted by Crippen LogP contribution is 2.50. The number of rotatable bonds is 2. The molecule has 1 saturated heterocycles. The maximum absolute atomic E-state index is 12.5. The zero-order valence-electron chi connectivity index (χ0n) is 12.1. The zero-order valence-corrected chi connectivity index (χ0v) is 12.9. The third-order valence-electron chi connectivity index (χ3n) is 4.23. The van der Waals surface area contributed by atoms with Crippen LogP contribution in [0.25, 0.3) is 0 Å². The lowest BCUT2D eigenvalue weighted by Gasteiger charge is -2.39. The summed E-state index contributed by atoms with van der Waals surface area (Å²) in [5.41, 5.74) is 1.07. The van der Waals surface area contributed by atoms with Crippen molar-refractivity contribution >= 4 is 17.7 Å². The number of hydrogen-bond acceptors (Lipinski definition) is 3. The van der Waals surface area contributed by atoms with Crippen LogP contribution in [0.2, 0.25) is 0 Å². The number of aryl methyl sites for hydroxylation is 1. The molecule has 3 rings (SSSR count). The van der Waals surface area contributed by atoms with E-state index in [4.69, 9.17) is 4.84 Å². The van der Waals surface area contributed by atoms with Gasteiger partial charge in [-0.25, -0.2) is 0 Å². The number of hydroxylamine groups is 2. The van der Waals surface area contributed by atoms with Gasteiger partial charge in [0.15, 0.2) is 5.75 Å². The topological polar surface area (TPSA) is 29.5 Å². The second-order valence-corrected chi connectivity index (χ2v) is 7.46. The summed E-state index contributed by atoms with van der Waals surface area (Å²) < 4.78 is 0. The average molecular weight is 291 g/mol. The largest absolute Gasteiger partial charge is 0.375 e. The fourth-order valence-electron chi connectivity index (χ4n) is 3.10. The second kappa shape index (κ2) is 5.32. The van der Waals surface area contributed by atoms with Crippen molar-refractivity contribution in [2.75, 3.05) is 0 Å². The molecule has 1 spiro atoms. The van der Waals surface area contributed by atoms with E-state index in [1.807, 2.05) is 38.1 Å². The fourth-order valence-corrected chi connectivity index (χ4v) is 4.71. The van der Waals surface area contributed by atoms with Gasteiger partial charge in [0.05, 0.1) is 5.25 Å². The van der Waals surface area contributed by atoms with Crippen molar-refractivity contribution < 1.29 is 9.63 Å². The van der Waals surface area contributed by atoms with E-state index in [0.29, 0.717) is 0 Å². The average Bonchev–Trinajstić information content (AvgIpc) is 2.66. The van der Waals surface area contributed by atoms with Crippen molar-refractivity contribution in [3.05, 3.63) is 29.8 Å². The maximum atomic E-state index is 12.5. The summed E-state index contributed by atoms with van der Waals surface area (Å²) in [6.45, 7) is 4.00. The van der Waals surface area contributed by atoms with Crippen LogP contribution < -0.4 is 4.84 Å². The Labute approximate surface area is 124 Å². The van der Waals surface area contributed by atoms with Gasteiger partial charge in [-0.3, -0.25) is 4.79 Å². The third-order valence-corrected chi connectivity index (χ3v) is 5.80. The number of carbonyl (C=O) groups is 1. The lowest BCUT2D eigenvalue weighted by molar-refractivity contribution is -0.168. The maximum Gasteiger partial charge on any atom is 0.269 e. The van der Waals surface area contributed by atoms with Gasteiger partial charge in [0.25, 0.3) is 5.91 Å². The molecular formula is C16H21NO2S. The molecule has 1 atom stereocenters. The molecule has 20 heavy (non-hydrogen) atoms. The molecule has 0 radical (unpaired) electrons. The minimum absolute atomic E-state index is 0.00267. The highest BCUT2D eigenvalue weighted by Gasteiger charge is 2.52. The van der Waals surface area contributed by atoms with Crippen molar-refractivity contribution in [3.8, 4) is 5.75 Å². The van der Waals surface area contributed by atoms with E-state index in [0.717, 1.165) is 24.2 Å². The first-order valence-electron chi connectivity index (χ1n) is 7.38. The molecule has 1 saturated carbocycles. The molecule has 4 heteroatoms. The standard InChI is InChI=1S/C16H21NO2S/c1-12-8-4-5-9-14(12)19-17-15(18)13(2)20-16(17)10-6-3-7-11-16/h4-5,8-9,13H,3,6-7,10-11H2,1-2H3. The number of hydrogen-bond donors (Lipinski definition) is 0. The Bertz CT molecular complexity index is 511. The summed E-state index contributed by atoms with van der Waals surface area (Å²) in [6.07, 6.45) is 5.71. The van der Waals surface area contributed by atoms with Crippen molar-refractivity contribution in [2.24, 2.45) is 0 Å². The van der Waals surface area contributed by atoms with Crippen LogP contribution in [0.5, 0.6) is 5.75 Å². The van der Waals surface area contributed by atoms with Crippen LogP contribution in [0.1, 0.15) is 44.6 Å². The van der Waals surface area contributed by atoms with E-state index in [2.05, 4.69) is 0 Å². The molecule has 0 aromatic heterocycles. The number of carbonyl (C=O) groups excluding carboxylic acids is 1. The zero-order chi connectivity index (χ0) is 14.2. The van der Waals surface area contributed by atoms with Crippen LogP contribution in [0.3, 0.4) is 0 Å². The Morgan fingerprint density at radius 3 is 2.65 bits per heavy atom. The van der Waals surface area contributed by atoms with E-state index >= 15 is 0 Å². The highest BCUT2D eigenvalue weighted by molar-refractivity contribution is 8.02. The molecule has 0 bridgehead atoms. The molecular weight excluding hydrogens is 270 g/mol. The lowest BCUT2D eigenvalue weighted by atomic mass is 9.94. The van der Waals surface area contributed by atoms with Crippen molar-refractivity contribution in [1.82, 2.24) is 5.06 Å². The molecule has 1 heterocycles. The molecule has 1 aromatic carbocycles. The normalized spacial score (nSPS) is 25.2. The molecule has 1 aliphatic carbocycles. The van der Waals surface area contributed by atoms with Gasteiger partial charge in [-0.15, -0.1) is 11.8 Å². The Hall–Kier alpha value is -1.16. The van der Waals surface area contributed by atoms with Gasteiger partial charge >= 0.3 is 0 Å².